The molecule has 5 N–H and O–H groups in total. The number of sulfone groups is 1. The van der Waals surface area contributed by atoms with Gasteiger partial charge in [-0.1, -0.05) is 37.1 Å². The van der Waals surface area contributed by atoms with Crippen LogP contribution in [0.2, 0.25) is 0 Å². The number of amides is 1. The van der Waals surface area contributed by atoms with Gasteiger partial charge in [0.2, 0.25) is 5.91 Å². The average molecular weight is 493 g/mol. The molecule has 0 spiro atoms. The Morgan fingerprint density at radius 2 is 2.03 bits per heavy atom. The summed E-state index contributed by atoms with van der Waals surface area (Å²) < 4.78 is 22.8. The van der Waals surface area contributed by atoms with Crippen LogP contribution >= 0.6 is 24.4 Å². The highest BCUT2D eigenvalue weighted by Crippen LogP contribution is 2.35. The van der Waals surface area contributed by atoms with Crippen molar-refractivity contribution in [2.24, 2.45) is 10.8 Å². The third-order valence-corrected chi connectivity index (χ3v) is 6.49. The maximum atomic E-state index is 12.1. The summed E-state index contributed by atoms with van der Waals surface area (Å²) in [5, 5.41) is 19.5. The van der Waals surface area contributed by atoms with Crippen molar-refractivity contribution in [2.75, 3.05) is 16.5 Å². The summed E-state index contributed by atoms with van der Waals surface area (Å²) in [6, 6.07) is 10.1. The van der Waals surface area contributed by atoms with Crippen LogP contribution in [0.15, 0.2) is 75.3 Å². The van der Waals surface area contributed by atoms with Crippen LogP contribution in [0, 0.1) is 0 Å². The Balaban J connectivity index is 2.06. The number of anilines is 2. The van der Waals surface area contributed by atoms with E-state index in [2.05, 4.69) is 41.6 Å². The van der Waals surface area contributed by atoms with Crippen LogP contribution in [0.1, 0.15) is 18.4 Å². The molecule has 0 saturated carbocycles. The topological polar surface area (TPSA) is 134 Å². The van der Waals surface area contributed by atoms with E-state index in [0.29, 0.717) is 21.8 Å². The zero-order valence-electron chi connectivity index (χ0n) is 17.1. The Labute approximate surface area is 197 Å². The molecule has 11 heteroatoms. The number of phenolic OH excluding ortho intramolecular Hbond substituents is 1. The van der Waals surface area contributed by atoms with Gasteiger partial charge in [0.25, 0.3) is 0 Å². The molecule has 0 unspecified atom stereocenters. The second kappa shape index (κ2) is 11.7. The van der Waals surface area contributed by atoms with E-state index in [1.54, 1.807) is 41.8 Å². The number of aromatic hydroxyl groups is 1. The quantitative estimate of drug-likeness (QED) is 0.0801. The number of thioether (sulfide) groups is 1. The van der Waals surface area contributed by atoms with Gasteiger partial charge in [-0.25, -0.2) is 8.42 Å². The summed E-state index contributed by atoms with van der Waals surface area (Å²) in [5.41, 5.74) is 10.1. The number of benzene rings is 2. The maximum absolute atomic E-state index is 12.1. The van der Waals surface area contributed by atoms with E-state index < -0.39 is 9.84 Å². The Morgan fingerprint density at radius 3 is 2.72 bits per heavy atom. The summed E-state index contributed by atoms with van der Waals surface area (Å²) in [7, 11) is -3.33. The first-order valence-corrected chi connectivity index (χ1v) is 12.4. The monoisotopic (exact) mass is 492 g/mol. The van der Waals surface area contributed by atoms with Crippen LogP contribution in [-0.2, 0) is 14.6 Å². The molecule has 0 atom stereocenters. The number of hydrogen-bond acceptors (Lipinski definition) is 8. The third kappa shape index (κ3) is 7.66. The van der Waals surface area contributed by atoms with Crippen molar-refractivity contribution in [3.63, 3.8) is 0 Å². The SMILES string of the molecule is C=CSc1cc(S)c(O)c(N/N=C(\N)c2cccc(NC(=O)CCCS(=O)(=O)C=C)c2)c1. The van der Waals surface area contributed by atoms with Crippen molar-refractivity contribution in [1.82, 2.24) is 0 Å². The molecule has 32 heavy (non-hydrogen) atoms. The first-order chi connectivity index (χ1) is 15.1. The molecule has 170 valence electrons. The average Bonchev–Trinajstić information content (AvgIpc) is 2.75. The normalized spacial score (nSPS) is 11.6. The van der Waals surface area contributed by atoms with E-state index in [0.717, 1.165) is 10.3 Å². The lowest BCUT2D eigenvalue weighted by Crippen LogP contribution is -2.17. The van der Waals surface area contributed by atoms with Crippen LogP contribution in [0.3, 0.4) is 0 Å². The second-order valence-electron chi connectivity index (χ2n) is 6.50. The molecule has 2 aromatic carbocycles. The van der Waals surface area contributed by atoms with Crippen LogP contribution in [-0.4, -0.2) is 31.0 Å². The van der Waals surface area contributed by atoms with E-state index in [-0.39, 0.29) is 36.1 Å². The smallest absolute Gasteiger partial charge is 0.224 e. The number of carbonyl (C=O) groups is 1. The molecule has 0 aliphatic carbocycles. The molecule has 0 aromatic heterocycles. The molecule has 0 fully saturated rings. The molecule has 0 radical (unpaired) electrons. The van der Waals surface area contributed by atoms with Crippen molar-refractivity contribution in [2.45, 2.75) is 22.6 Å². The van der Waals surface area contributed by atoms with Gasteiger partial charge in [-0.2, -0.15) is 5.10 Å². The van der Waals surface area contributed by atoms with E-state index in [1.807, 2.05) is 0 Å². The highest BCUT2D eigenvalue weighted by molar-refractivity contribution is 8.02. The van der Waals surface area contributed by atoms with Crippen molar-refractivity contribution >= 4 is 57.3 Å². The Kier molecular flexibility index (Phi) is 9.24. The highest BCUT2D eigenvalue weighted by atomic mass is 32.2. The van der Waals surface area contributed by atoms with E-state index >= 15 is 0 Å². The third-order valence-electron chi connectivity index (χ3n) is 4.11. The van der Waals surface area contributed by atoms with E-state index in [9.17, 15) is 18.3 Å². The van der Waals surface area contributed by atoms with Gasteiger partial charge in [-0.05, 0) is 36.1 Å². The number of phenols is 1. The van der Waals surface area contributed by atoms with Crippen LogP contribution in [0.5, 0.6) is 5.75 Å². The van der Waals surface area contributed by atoms with E-state index in [1.165, 1.54) is 11.8 Å². The molecule has 0 aliphatic heterocycles. The highest BCUT2D eigenvalue weighted by Gasteiger charge is 2.10. The van der Waals surface area contributed by atoms with Gasteiger partial charge in [0.15, 0.2) is 21.4 Å². The predicted molar refractivity (Wildman–Crippen MR) is 134 cm³/mol. The van der Waals surface area contributed by atoms with Gasteiger partial charge in [0.1, 0.15) is 5.69 Å². The Morgan fingerprint density at radius 1 is 1.28 bits per heavy atom. The zero-order chi connectivity index (χ0) is 23.7. The lowest BCUT2D eigenvalue weighted by atomic mass is 10.2. The zero-order valence-corrected chi connectivity index (χ0v) is 19.6. The number of thiol groups is 1. The summed E-state index contributed by atoms with van der Waals surface area (Å²) in [6.07, 6.45) is 0.236. The lowest BCUT2D eigenvalue weighted by molar-refractivity contribution is -0.116. The number of rotatable bonds is 11. The van der Waals surface area contributed by atoms with Crippen molar-refractivity contribution in [3.8, 4) is 5.75 Å². The second-order valence-corrected chi connectivity index (χ2v) is 10.1. The molecule has 2 aromatic rings. The minimum atomic E-state index is -3.33. The number of nitrogens with one attached hydrogen (secondary N) is 2. The number of carbonyl (C=O) groups excluding carboxylic acids is 1. The van der Waals surface area contributed by atoms with Gasteiger partial charge in [0, 0.05) is 32.9 Å². The molecule has 2 rings (SSSR count). The lowest BCUT2D eigenvalue weighted by Gasteiger charge is -2.10. The maximum Gasteiger partial charge on any atom is 0.224 e. The molecular weight excluding hydrogens is 468 g/mol. The molecule has 1 amide bonds. The minimum absolute atomic E-state index is 0.0484. The Hall–Kier alpha value is -2.89. The number of nitrogens with zero attached hydrogens (tertiary/aromatic N) is 1. The fourth-order valence-corrected chi connectivity index (χ4v) is 4.15. The Bertz CT molecular complexity index is 1150. The molecule has 0 saturated heterocycles. The van der Waals surface area contributed by atoms with Crippen LogP contribution in [0.4, 0.5) is 11.4 Å². The van der Waals surface area contributed by atoms with Crippen molar-refractivity contribution in [1.29, 1.82) is 0 Å². The first kappa shape index (κ1) is 25.4. The van der Waals surface area contributed by atoms with Crippen molar-refractivity contribution < 1.29 is 18.3 Å². The van der Waals surface area contributed by atoms with Crippen molar-refractivity contribution in [3.05, 3.63) is 65.9 Å². The van der Waals surface area contributed by atoms with Gasteiger partial charge in [-0.15, -0.1) is 12.6 Å². The molecule has 8 nitrogen and oxygen atoms in total. The van der Waals surface area contributed by atoms with Gasteiger partial charge < -0.3 is 16.2 Å². The van der Waals surface area contributed by atoms with Gasteiger partial charge in [-0.3, -0.25) is 10.2 Å². The van der Waals surface area contributed by atoms with Crippen LogP contribution in [0.25, 0.3) is 0 Å². The van der Waals surface area contributed by atoms with Gasteiger partial charge >= 0.3 is 0 Å². The summed E-state index contributed by atoms with van der Waals surface area (Å²) in [6.45, 7) is 6.90. The summed E-state index contributed by atoms with van der Waals surface area (Å²) in [5.74, 6) is -0.404. The number of nitrogens with two attached hydrogens (primary N) is 1. The summed E-state index contributed by atoms with van der Waals surface area (Å²) >= 11 is 5.60. The fraction of sp³-hybridized carbons (Fsp3) is 0.143. The molecule has 0 heterocycles. The van der Waals surface area contributed by atoms with Gasteiger partial charge in [0.05, 0.1) is 5.75 Å². The standard InChI is InChI=1S/C21H24N4O4S3/c1-3-31-16-12-17(20(27)18(30)13-16)24-25-21(22)14-7-5-8-15(11-14)23-19(26)9-6-10-32(28,29)4-2/h3-5,7-8,11-13,24,27,30H,1-2,6,9-10H2,(H2,22,25)(H,23,26). The fourth-order valence-electron chi connectivity index (χ4n) is 2.52. The predicted octanol–water partition coefficient (Wildman–Crippen LogP) is 3.93. The van der Waals surface area contributed by atoms with E-state index in [4.69, 9.17) is 5.73 Å². The largest absolute Gasteiger partial charge is 0.505 e. The molecule has 0 bridgehead atoms. The minimum Gasteiger partial charge on any atom is -0.505 e. The number of hydrogen-bond donors (Lipinski definition) is 5. The number of hydrazone groups is 1. The number of amidine groups is 1. The first-order valence-electron chi connectivity index (χ1n) is 9.33. The molecule has 0 aliphatic rings. The van der Waals surface area contributed by atoms with Crippen LogP contribution < -0.4 is 16.5 Å². The molecular formula is C21H24N4O4S3. The summed E-state index contributed by atoms with van der Waals surface area (Å²) in [4.78, 5) is 13.3.